The molecule has 3 nitrogen and oxygen atoms in total. The standard InChI is InChI=1S/C16H8Cl2F2N2O/c17-11-5-12(18)7-13(6-11)22-16(23)10(8-21)4-9-2-1-3-14(19)15(9)20/h1-7H,(H,22,23)/b10-4-. The number of nitrogens with zero attached hydrogens (tertiary/aromatic N) is 1. The number of amides is 1. The van der Waals surface area contributed by atoms with Gasteiger partial charge in [0.25, 0.3) is 5.91 Å². The SMILES string of the molecule is N#C/C(=C/c1cccc(F)c1F)C(=O)Nc1cc(Cl)cc(Cl)c1. The van der Waals surface area contributed by atoms with E-state index in [-0.39, 0.29) is 11.3 Å². The van der Waals surface area contributed by atoms with E-state index >= 15 is 0 Å². The minimum Gasteiger partial charge on any atom is -0.321 e. The molecule has 1 amide bonds. The molecule has 7 heteroatoms. The van der Waals surface area contributed by atoms with Gasteiger partial charge in [-0.3, -0.25) is 4.79 Å². The van der Waals surface area contributed by atoms with Crippen LogP contribution in [-0.4, -0.2) is 5.91 Å². The topological polar surface area (TPSA) is 52.9 Å². The van der Waals surface area contributed by atoms with Crippen LogP contribution in [0.5, 0.6) is 0 Å². The Kier molecular flexibility index (Phi) is 5.32. The minimum atomic E-state index is -1.14. The number of rotatable bonds is 3. The zero-order valence-electron chi connectivity index (χ0n) is 11.4. The number of carbonyl (C=O) groups is 1. The fourth-order valence-electron chi connectivity index (χ4n) is 1.76. The van der Waals surface area contributed by atoms with Gasteiger partial charge in [0, 0.05) is 21.3 Å². The fraction of sp³-hybridized carbons (Fsp3) is 0. The maximum atomic E-state index is 13.6. The maximum absolute atomic E-state index is 13.6. The van der Waals surface area contributed by atoms with Crippen LogP contribution in [0.15, 0.2) is 42.0 Å². The van der Waals surface area contributed by atoms with E-state index in [1.54, 1.807) is 6.07 Å². The van der Waals surface area contributed by atoms with Gasteiger partial charge in [-0.1, -0.05) is 35.3 Å². The van der Waals surface area contributed by atoms with Crippen molar-refractivity contribution in [3.05, 3.63) is 69.2 Å². The van der Waals surface area contributed by atoms with Crippen LogP contribution in [-0.2, 0) is 4.79 Å². The van der Waals surface area contributed by atoms with Gasteiger partial charge in [-0.25, -0.2) is 8.78 Å². The molecule has 0 fully saturated rings. The molecule has 0 saturated carbocycles. The largest absolute Gasteiger partial charge is 0.321 e. The first kappa shape index (κ1) is 16.9. The van der Waals surface area contributed by atoms with E-state index in [4.69, 9.17) is 28.5 Å². The van der Waals surface area contributed by atoms with Crippen LogP contribution >= 0.6 is 23.2 Å². The number of hydrogen-bond donors (Lipinski definition) is 1. The van der Waals surface area contributed by atoms with Crippen molar-refractivity contribution in [1.82, 2.24) is 0 Å². The molecule has 0 radical (unpaired) electrons. The quantitative estimate of drug-likeness (QED) is 0.636. The summed E-state index contributed by atoms with van der Waals surface area (Å²) in [5.74, 6) is -3.01. The third-order valence-corrected chi connectivity index (χ3v) is 3.20. The van der Waals surface area contributed by atoms with Crippen molar-refractivity contribution in [2.75, 3.05) is 5.32 Å². The van der Waals surface area contributed by atoms with Crippen molar-refractivity contribution in [2.45, 2.75) is 0 Å². The van der Waals surface area contributed by atoms with Crippen LogP contribution in [0.3, 0.4) is 0 Å². The zero-order chi connectivity index (χ0) is 17.0. The Bertz CT molecular complexity index is 824. The molecule has 116 valence electrons. The smallest absolute Gasteiger partial charge is 0.266 e. The molecule has 1 N–H and O–H groups in total. The predicted molar refractivity (Wildman–Crippen MR) is 85.0 cm³/mol. The van der Waals surface area contributed by atoms with Crippen LogP contribution < -0.4 is 5.32 Å². The molecule has 0 heterocycles. The van der Waals surface area contributed by atoms with Crippen LogP contribution in [0.1, 0.15) is 5.56 Å². The second-order valence-corrected chi connectivity index (χ2v) is 5.30. The highest BCUT2D eigenvalue weighted by molar-refractivity contribution is 6.35. The molecule has 0 aliphatic carbocycles. The van der Waals surface area contributed by atoms with Crippen molar-refractivity contribution >= 4 is 40.9 Å². The summed E-state index contributed by atoms with van der Waals surface area (Å²) in [6, 6.07) is 9.44. The molecule has 2 aromatic rings. The lowest BCUT2D eigenvalue weighted by atomic mass is 10.1. The number of nitrogens with one attached hydrogen (secondary N) is 1. The first-order valence-electron chi connectivity index (χ1n) is 6.24. The first-order chi connectivity index (χ1) is 10.9. The van der Waals surface area contributed by atoms with Gasteiger partial charge < -0.3 is 5.32 Å². The molecule has 0 aliphatic rings. The molecular weight excluding hydrogens is 345 g/mol. The summed E-state index contributed by atoms with van der Waals surface area (Å²) < 4.78 is 26.8. The van der Waals surface area contributed by atoms with E-state index in [9.17, 15) is 13.6 Å². The summed E-state index contributed by atoms with van der Waals surface area (Å²) in [5.41, 5.74) is -0.334. The Morgan fingerprint density at radius 2 is 1.83 bits per heavy atom. The second-order valence-electron chi connectivity index (χ2n) is 4.43. The predicted octanol–water partition coefficient (Wildman–Crippen LogP) is 4.82. The summed E-state index contributed by atoms with van der Waals surface area (Å²) >= 11 is 11.6. The van der Waals surface area contributed by atoms with Crippen molar-refractivity contribution in [3.63, 3.8) is 0 Å². The van der Waals surface area contributed by atoms with Gasteiger partial charge in [0.15, 0.2) is 11.6 Å². The number of nitriles is 1. The molecule has 0 unspecified atom stereocenters. The number of anilines is 1. The van der Waals surface area contributed by atoms with Crippen LogP contribution in [0.4, 0.5) is 14.5 Å². The molecular formula is C16H8Cl2F2N2O. The average molecular weight is 353 g/mol. The van der Waals surface area contributed by atoms with Gasteiger partial charge in [-0.05, 0) is 30.3 Å². The zero-order valence-corrected chi connectivity index (χ0v) is 12.9. The molecule has 2 rings (SSSR count). The average Bonchev–Trinajstić information content (AvgIpc) is 2.47. The van der Waals surface area contributed by atoms with Gasteiger partial charge in [0.1, 0.15) is 11.6 Å². The molecule has 0 aromatic heterocycles. The van der Waals surface area contributed by atoms with E-state index in [0.717, 1.165) is 12.1 Å². The van der Waals surface area contributed by atoms with Crippen molar-refractivity contribution in [2.24, 2.45) is 0 Å². The summed E-state index contributed by atoms with van der Waals surface area (Å²) in [5, 5.41) is 12.1. The van der Waals surface area contributed by atoms with Gasteiger partial charge in [-0.2, -0.15) is 5.26 Å². The number of benzene rings is 2. The summed E-state index contributed by atoms with van der Waals surface area (Å²) in [6.45, 7) is 0. The van der Waals surface area contributed by atoms with E-state index in [0.29, 0.717) is 10.0 Å². The normalized spacial score (nSPS) is 11.0. The van der Waals surface area contributed by atoms with E-state index in [1.807, 2.05) is 0 Å². The minimum absolute atomic E-state index is 0.208. The Hall–Kier alpha value is -2.42. The summed E-state index contributed by atoms with van der Waals surface area (Å²) in [4.78, 5) is 12.1. The molecule has 0 bridgehead atoms. The highest BCUT2D eigenvalue weighted by Gasteiger charge is 2.13. The Morgan fingerprint density at radius 1 is 1.17 bits per heavy atom. The third-order valence-electron chi connectivity index (χ3n) is 2.77. The molecule has 0 atom stereocenters. The Balaban J connectivity index is 2.30. The van der Waals surface area contributed by atoms with Gasteiger partial charge in [0.2, 0.25) is 0 Å². The molecule has 0 spiro atoms. The van der Waals surface area contributed by atoms with Gasteiger partial charge >= 0.3 is 0 Å². The monoisotopic (exact) mass is 352 g/mol. The van der Waals surface area contributed by atoms with E-state index in [1.165, 1.54) is 30.3 Å². The molecule has 0 saturated heterocycles. The van der Waals surface area contributed by atoms with Crippen molar-refractivity contribution in [1.29, 1.82) is 5.26 Å². The lowest BCUT2D eigenvalue weighted by molar-refractivity contribution is -0.112. The highest BCUT2D eigenvalue weighted by atomic mass is 35.5. The van der Waals surface area contributed by atoms with Crippen molar-refractivity contribution in [3.8, 4) is 6.07 Å². The summed E-state index contributed by atoms with van der Waals surface area (Å²) in [6.07, 6.45) is 0.958. The van der Waals surface area contributed by atoms with Crippen LogP contribution in [0, 0.1) is 23.0 Å². The lowest BCUT2D eigenvalue weighted by Gasteiger charge is -2.06. The van der Waals surface area contributed by atoms with Crippen LogP contribution in [0.2, 0.25) is 10.0 Å². The lowest BCUT2D eigenvalue weighted by Crippen LogP contribution is -2.13. The van der Waals surface area contributed by atoms with Crippen molar-refractivity contribution < 1.29 is 13.6 Å². The number of carbonyl (C=O) groups excluding carboxylic acids is 1. The second kappa shape index (κ2) is 7.23. The Labute approximate surface area is 140 Å². The first-order valence-corrected chi connectivity index (χ1v) is 6.99. The number of hydrogen-bond acceptors (Lipinski definition) is 2. The maximum Gasteiger partial charge on any atom is 0.266 e. The third kappa shape index (κ3) is 4.28. The van der Waals surface area contributed by atoms with Gasteiger partial charge in [-0.15, -0.1) is 0 Å². The molecule has 2 aromatic carbocycles. The molecule has 0 aliphatic heterocycles. The van der Waals surface area contributed by atoms with Gasteiger partial charge in [0.05, 0.1) is 0 Å². The van der Waals surface area contributed by atoms with E-state index < -0.39 is 23.1 Å². The number of halogens is 4. The Morgan fingerprint density at radius 3 is 2.43 bits per heavy atom. The molecule has 23 heavy (non-hydrogen) atoms. The van der Waals surface area contributed by atoms with Crippen LogP contribution in [0.25, 0.3) is 6.08 Å². The van der Waals surface area contributed by atoms with E-state index in [2.05, 4.69) is 5.32 Å². The summed E-state index contributed by atoms with van der Waals surface area (Å²) in [7, 11) is 0. The highest BCUT2D eigenvalue weighted by Crippen LogP contribution is 2.23. The fourth-order valence-corrected chi connectivity index (χ4v) is 2.29.